The maximum absolute atomic E-state index is 11.7. The summed E-state index contributed by atoms with van der Waals surface area (Å²) in [4.78, 5) is 2.26. The Morgan fingerprint density at radius 2 is 1.74 bits per heavy atom. The summed E-state index contributed by atoms with van der Waals surface area (Å²) in [5, 5.41) is 3.19. The van der Waals surface area contributed by atoms with Crippen molar-refractivity contribution in [3.63, 3.8) is 0 Å². The Morgan fingerprint density at radius 3 is 2.32 bits per heavy atom. The molecule has 0 saturated carbocycles. The second kappa shape index (κ2) is 11.6. The predicted molar refractivity (Wildman–Crippen MR) is 82.0 cm³/mol. The normalized spacial score (nSPS) is 12.2. The topological polar surface area (TPSA) is 61.4 Å². The third kappa shape index (κ3) is 11.4. The lowest BCUT2D eigenvalue weighted by atomic mass is 10.3. The highest BCUT2D eigenvalue weighted by molar-refractivity contribution is 7.89. The summed E-state index contributed by atoms with van der Waals surface area (Å²) in [5.74, 6) is 0.234. The Kier molecular flexibility index (Phi) is 11.5. The van der Waals surface area contributed by atoms with Crippen LogP contribution < -0.4 is 10.0 Å². The van der Waals surface area contributed by atoms with Crippen LogP contribution in [0.25, 0.3) is 0 Å². The van der Waals surface area contributed by atoms with E-state index >= 15 is 0 Å². The van der Waals surface area contributed by atoms with Gasteiger partial charge in [0.1, 0.15) is 0 Å². The molecule has 0 spiro atoms. The minimum Gasteiger partial charge on any atom is -0.317 e. The van der Waals surface area contributed by atoms with Gasteiger partial charge < -0.3 is 10.2 Å². The molecular formula is C13H31N3O2S. The number of nitrogens with one attached hydrogen (secondary N) is 2. The van der Waals surface area contributed by atoms with Gasteiger partial charge in [-0.05, 0) is 45.4 Å². The minimum absolute atomic E-state index is 0.234. The molecule has 0 aliphatic carbocycles. The van der Waals surface area contributed by atoms with Crippen LogP contribution in [0.3, 0.4) is 0 Å². The molecule has 0 atom stereocenters. The van der Waals surface area contributed by atoms with Crippen molar-refractivity contribution >= 4 is 10.0 Å². The van der Waals surface area contributed by atoms with E-state index in [4.69, 9.17) is 0 Å². The van der Waals surface area contributed by atoms with Gasteiger partial charge in [-0.2, -0.15) is 0 Å². The van der Waals surface area contributed by atoms with Crippen LogP contribution >= 0.6 is 0 Å². The lowest BCUT2D eigenvalue weighted by molar-refractivity contribution is 0.293. The molecule has 2 N–H and O–H groups in total. The van der Waals surface area contributed by atoms with Crippen molar-refractivity contribution in [2.24, 2.45) is 0 Å². The first kappa shape index (κ1) is 18.8. The molecule has 19 heavy (non-hydrogen) atoms. The van der Waals surface area contributed by atoms with Crippen LogP contribution in [0.15, 0.2) is 0 Å². The zero-order valence-corrected chi connectivity index (χ0v) is 13.6. The van der Waals surface area contributed by atoms with Gasteiger partial charge in [-0.1, -0.05) is 20.8 Å². The largest absolute Gasteiger partial charge is 0.317 e. The molecule has 0 aromatic rings. The number of sulfonamides is 1. The van der Waals surface area contributed by atoms with Crippen LogP contribution in [0.5, 0.6) is 0 Å². The van der Waals surface area contributed by atoms with Gasteiger partial charge >= 0.3 is 0 Å². The van der Waals surface area contributed by atoms with Crippen LogP contribution in [-0.4, -0.2) is 58.3 Å². The molecular weight excluding hydrogens is 262 g/mol. The summed E-state index contributed by atoms with van der Waals surface area (Å²) >= 11 is 0. The smallest absolute Gasteiger partial charge is 0.211 e. The van der Waals surface area contributed by atoms with E-state index in [0.29, 0.717) is 6.54 Å². The molecule has 0 aromatic heterocycles. The van der Waals surface area contributed by atoms with Gasteiger partial charge in [-0.3, -0.25) is 0 Å². The third-order valence-corrected chi connectivity index (χ3v) is 4.47. The number of hydrogen-bond acceptors (Lipinski definition) is 4. The molecule has 0 saturated heterocycles. The highest BCUT2D eigenvalue weighted by atomic mass is 32.2. The van der Waals surface area contributed by atoms with Crippen molar-refractivity contribution in [2.75, 3.05) is 45.0 Å². The van der Waals surface area contributed by atoms with Crippen LogP contribution in [0.1, 0.15) is 40.0 Å². The third-order valence-electron chi connectivity index (χ3n) is 3.00. The van der Waals surface area contributed by atoms with E-state index < -0.39 is 10.0 Å². The molecule has 0 aliphatic heterocycles. The Balaban J connectivity index is 3.72. The second-order valence-electron chi connectivity index (χ2n) is 4.71. The highest BCUT2D eigenvalue weighted by Crippen LogP contribution is 1.95. The first-order valence-electron chi connectivity index (χ1n) is 7.46. The number of rotatable bonds is 13. The molecule has 0 rings (SSSR count). The Morgan fingerprint density at radius 1 is 1.00 bits per heavy atom. The Labute approximate surface area is 119 Å². The molecule has 0 aliphatic rings. The fraction of sp³-hybridized carbons (Fsp3) is 1.00. The number of hydrogen-bond donors (Lipinski definition) is 2. The van der Waals surface area contributed by atoms with E-state index in [9.17, 15) is 8.42 Å². The fourth-order valence-electron chi connectivity index (χ4n) is 1.89. The maximum Gasteiger partial charge on any atom is 0.211 e. The van der Waals surface area contributed by atoms with Gasteiger partial charge in [0.2, 0.25) is 10.0 Å². The van der Waals surface area contributed by atoms with Crippen molar-refractivity contribution in [3.05, 3.63) is 0 Å². The van der Waals surface area contributed by atoms with Gasteiger partial charge in [0, 0.05) is 13.1 Å². The van der Waals surface area contributed by atoms with Gasteiger partial charge in [-0.25, -0.2) is 13.1 Å². The van der Waals surface area contributed by atoms with Crippen molar-refractivity contribution in [1.29, 1.82) is 0 Å². The van der Waals surface area contributed by atoms with Gasteiger partial charge in [0.05, 0.1) is 5.75 Å². The summed E-state index contributed by atoms with van der Waals surface area (Å²) in [5.41, 5.74) is 0. The van der Waals surface area contributed by atoms with E-state index in [2.05, 4.69) is 28.8 Å². The van der Waals surface area contributed by atoms with E-state index in [-0.39, 0.29) is 5.75 Å². The summed E-state index contributed by atoms with van der Waals surface area (Å²) in [7, 11) is -3.09. The quantitative estimate of drug-likeness (QED) is 0.498. The van der Waals surface area contributed by atoms with Crippen molar-refractivity contribution in [2.45, 2.75) is 40.0 Å². The zero-order chi connectivity index (χ0) is 14.6. The zero-order valence-electron chi connectivity index (χ0n) is 12.7. The van der Waals surface area contributed by atoms with Crippen molar-refractivity contribution in [3.8, 4) is 0 Å². The minimum atomic E-state index is -3.09. The average Bonchev–Trinajstić information content (AvgIpc) is 2.37. The molecule has 0 bridgehead atoms. The number of likely N-dealkylation sites (N-methyl/N-ethyl adjacent to an activating group) is 1. The molecule has 0 aromatic carbocycles. The molecule has 0 fully saturated rings. The van der Waals surface area contributed by atoms with Crippen LogP contribution in [0.2, 0.25) is 0 Å². The predicted octanol–water partition coefficient (Wildman–Crippen LogP) is 1.03. The summed E-state index contributed by atoms with van der Waals surface area (Å²) in [6.07, 6.45) is 2.73. The molecule has 0 unspecified atom stereocenters. The Hall–Kier alpha value is -0.170. The molecule has 0 radical (unpaired) electrons. The van der Waals surface area contributed by atoms with Crippen LogP contribution in [0, 0.1) is 0 Å². The van der Waals surface area contributed by atoms with Crippen molar-refractivity contribution < 1.29 is 8.42 Å². The van der Waals surface area contributed by atoms with Gasteiger partial charge in [0.25, 0.3) is 0 Å². The summed E-state index contributed by atoms with van der Waals surface area (Å²) < 4.78 is 26.2. The van der Waals surface area contributed by atoms with Gasteiger partial charge in [0.15, 0.2) is 0 Å². The number of nitrogens with zero attached hydrogens (tertiary/aromatic N) is 1. The number of unbranched alkanes of at least 4 members (excludes halogenated alkanes) is 1. The summed E-state index contributed by atoms with van der Waals surface area (Å²) in [6, 6.07) is 0. The molecule has 0 amide bonds. The first-order valence-corrected chi connectivity index (χ1v) is 9.11. The first-order chi connectivity index (χ1) is 9.05. The molecule has 6 heteroatoms. The summed E-state index contributed by atoms with van der Waals surface area (Å²) in [6.45, 7) is 11.4. The van der Waals surface area contributed by atoms with Crippen molar-refractivity contribution in [1.82, 2.24) is 14.9 Å². The molecule has 116 valence electrons. The monoisotopic (exact) mass is 293 g/mol. The lowest BCUT2D eigenvalue weighted by Crippen LogP contribution is -2.36. The van der Waals surface area contributed by atoms with Gasteiger partial charge in [-0.15, -0.1) is 0 Å². The molecule has 5 nitrogen and oxygen atoms in total. The lowest BCUT2D eigenvalue weighted by Gasteiger charge is -2.19. The van der Waals surface area contributed by atoms with E-state index in [1.165, 1.54) is 0 Å². The van der Waals surface area contributed by atoms with E-state index in [0.717, 1.165) is 52.0 Å². The second-order valence-corrected chi connectivity index (χ2v) is 6.63. The fourth-order valence-corrected chi connectivity index (χ4v) is 3.03. The van der Waals surface area contributed by atoms with E-state index in [1.807, 2.05) is 6.92 Å². The SMILES string of the molecule is CCCN(CC)CCNS(=O)(=O)CCCCNCC. The Bertz CT molecular complexity index is 294. The average molecular weight is 293 g/mol. The molecule has 0 heterocycles. The van der Waals surface area contributed by atoms with E-state index in [1.54, 1.807) is 0 Å². The van der Waals surface area contributed by atoms with Crippen LogP contribution in [-0.2, 0) is 10.0 Å². The van der Waals surface area contributed by atoms with Crippen LogP contribution in [0.4, 0.5) is 0 Å². The highest BCUT2D eigenvalue weighted by Gasteiger charge is 2.09. The standard InChI is InChI=1S/C13H31N3O2S/c1-4-11-16(6-3)12-10-15-19(17,18)13-8-7-9-14-5-2/h14-15H,4-13H2,1-3H3. The maximum atomic E-state index is 11.7.